The van der Waals surface area contributed by atoms with Crippen LogP contribution in [0.1, 0.15) is 34.5 Å². The summed E-state index contributed by atoms with van der Waals surface area (Å²) < 4.78 is 43.9. The van der Waals surface area contributed by atoms with Crippen molar-refractivity contribution >= 4 is 22.8 Å². The highest BCUT2D eigenvalue weighted by molar-refractivity contribution is 6.02. The zero-order chi connectivity index (χ0) is 25.0. The Balaban J connectivity index is 1.47. The number of nitrogens with zero attached hydrogens (tertiary/aromatic N) is 1. The largest absolute Gasteiger partial charge is 0.497 e. The van der Waals surface area contributed by atoms with Crippen molar-refractivity contribution in [1.82, 2.24) is 15.4 Å². The third kappa shape index (κ3) is 5.59. The summed E-state index contributed by atoms with van der Waals surface area (Å²) in [5, 5.41) is 4.64. The molecule has 2 aromatic carbocycles. The fourth-order valence-corrected chi connectivity index (χ4v) is 4.28. The number of aromatic nitrogens is 1. The first-order chi connectivity index (χ1) is 16.8. The predicted octanol–water partition coefficient (Wildman–Crippen LogP) is 4.18. The first kappa shape index (κ1) is 24.6. The maximum atomic E-state index is 13.1. The normalized spacial score (nSPS) is 15.8. The minimum atomic E-state index is -5.21. The zero-order valence-electron chi connectivity index (χ0n) is 19.2. The average molecular weight is 489 g/mol. The van der Waals surface area contributed by atoms with E-state index in [0.29, 0.717) is 41.3 Å². The molecule has 0 bridgehead atoms. The second-order valence-electron chi connectivity index (χ2n) is 8.38. The van der Waals surface area contributed by atoms with E-state index in [1.807, 2.05) is 30.3 Å². The number of ether oxygens (including phenoxy) is 1. The van der Waals surface area contributed by atoms with Gasteiger partial charge in [-0.1, -0.05) is 30.3 Å². The zero-order valence-corrected chi connectivity index (χ0v) is 19.2. The van der Waals surface area contributed by atoms with E-state index in [2.05, 4.69) is 15.1 Å². The van der Waals surface area contributed by atoms with Crippen molar-refractivity contribution in [3.63, 3.8) is 0 Å². The lowest BCUT2D eigenvalue weighted by Gasteiger charge is -2.33. The molecule has 4 rings (SSSR count). The topological polar surface area (TPSA) is 83.7 Å². The van der Waals surface area contributed by atoms with Crippen LogP contribution in [0, 0.1) is 0 Å². The van der Waals surface area contributed by atoms with Gasteiger partial charge in [-0.15, -0.1) is 0 Å². The molecule has 0 aliphatic carbocycles. The number of alkyl halides is 3. The highest BCUT2D eigenvalue weighted by Crippen LogP contribution is 2.34. The van der Waals surface area contributed by atoms with Crippen molar-refractivity contribution in [2.75, 3.05) is 20.2 Å². The van der Waals surface area contributed by atoms with Crippen LogP contribution in [0.3, 0.4) is 0 Å². The van der Waals surface area contributed by atoms with Gasteiger partial charge >= 0.3 is 18.1 Å². The third-order valence-corrected chi connectivity index (χ3v) is 6.04. The predicted molar refractivity (Wildman–Crippen MR) is 123 cm³/mol. The van der Waals surface area contributed by atoms with Gasteiger partial charge in [0, 0.05) is 10.9 Å². The Morgan fingerprint density at radius 2 is 1.94 bits per heavy atom. The van der Waals surface area contributed by atoms with Crippen LogP contribution in [-0.4, -0.2) is 54.3 Å². The Kier molecular flexibility index (Phi) is 7.30. The molecule has 3 aromatic rings. The lowest BCUT2D eigenvalue weighted by Crippen LogP contribution is -2.48. The van der Waals surface area contributed by atoms with Crippen LogP contribution < -0.4 is 10.1 Å². The van der Waals surface area contributed by atoms with Crippen LogP contribution >= 0.6 is 0 Å². The number of hydrogen-bond acceptors (Lipinski definition) is 5. The van der Waals surface area contributed by atoms with E-state index in [1.54, 1.807) is 18.2 Å². The van der Waals surface area contributed by atoms with Crippen molar-refractivity contribution in [3.05, 3.63) is 65.4 Å². The van der Waals surface area contributed by atoms with Crippen LogP contribution in [0.25, 0.3) is 10.9 Å². The Morgan fingerprint density at radius 3 is 2.66 bits per heavy atom. The smallest absolute Gasteiger partial charge is 0.493 e. The van der Waals surface area contributed by atoms with Gasteiger partial charge in [0.15, 0.2) is 0 Å². The minimum Gasteiger partial charge on any atom is -0.497 e. The van der Waals surface area contributed by atoms with Gasteiger partial charge in [-0.05, 0) is 68.1 Å². The number of carbonyl (C=O) groups excluding carboxylic acids is 2. The van der Waals surface area contributed by atoms with Gasteiger partial charge in [-0.3, -0.25) is 4.79 Å². The molecule has 35 heavy (non-hydrogen) atoms. The number of hydroxylamine groups is 2. The van der Waals surface area contributed by atoms with E-state index in [9.17, 15) is 22.8 Å². The fraction of sp³-hybridized carbons (Fsp3) is 0.360. The van der Waals surface area contributed by atoms with E-state index < -0.39 is 24.1 Å². The van der Waals surface area contributed by atoms with E-state index in [0.717, 1.165) is 18.4 Å². The van der Waals surface area contributed by atoms with E-state index in [1.165, 1.54) is 12.7 Å². The van der Waals surface area contributed by atoms with Crippen LogP contribution in [0.2, 0.25) is 0 Å². The van der Waals surface area contributed by atoms with Crippen molar-refractivity contribution in [3.8, 4) is 5.75 Å². The summed E-state index contributed by atoms with van der Waals surface area (Å²) in [6.07, 6.45) is -3.20. The molecule has 7 nitrogen and oxygen atoms in total. The molecule has 2 N–H and O–H groups in total. The highest BCUT2D eigenvalue weighted by atomic mass is 19.4. The number of amides is 1. The number of methoxy groups -OCH3 is 1. The molecule has 1 unspecified atom stereocenters. The van der Waals surface area contributed by atoms with Gasteiger partial charge in [-0.25, -0.2) is 4.79 Å². The maximum Gasteiger partial charge on any atom is 0.493 e. The van der Waals surface area contributed by atoms with Gasteiger partial charge in [0.25, 0.3) is 0 Å². The Hall–Kier alpha value is -3.53. The molecule has 1 aromatic heterocycles. The first-order valence-electron chi connectivity index (χ1n) is 11.3. The SMILES string of the molecule is COc1ccc2[nH]c3c(c2c1)CC(CCCNCCc1ccccc1)N(OC(=O)C(F)(F)F)C3=O. The Morgan fingerprint density at radius 1 is 1.17 bits per heavy atom. The summed E-state index contributed by atoms with van der Waals surface area (Å²) in [5.41, 5.74) is 2.63. The van der Waals surface area contributed by atoms with E-state index in [4.69, 9.17) is 4.74 Å². The molecule has 0 saturated carbocycles. The molecule has 10 heteroatoms. The van der Waals surface area contributed by atoms with Gasteiger partial charge in [-0.2, -0.15) is 18.2 Å². The summed E-state index contributed by atoms with van der Waals surface area (Å²) in [5.74, 6) is -2.63. The molecular weight excluding hydrogens is 463 g/mol. The summed E-state index contributed by atoms with van der Waals surface area (Å²) in [4.78, 5) is 32.2. The lowest BCUT2D eigenvalue weighted by atomic mass is 9.94. The number of fused-ring (bicyclic) bond motifs is 3. The highest BCUT2D eigenvalue weighted by Gasteiger charge is 2.46. The molecule has 0 saturated heterocycles. The number of hydrogen-bond donors (Lipinski definition) is 2. The molecule has 0 spiro atoms. The van der Waals surface area contributed by atoms with Gasteiger partial charge in [0.1, 0.15) is 11.4 Å². The Bertz CT molecular complexity index is 1190. The molecule has 1 aliphatic rings. The summed E-state index contributed by atoms with van der Waals surface area (Å²) in [6.45, 7) is 1.35. The molecule has 0 fully saturated rings. The van der Waals surface area contributed by atoms with E-state index in [-0.39, 0.29) is 12.1 Å². The van der Waals surface area contributed by atoms with Crippen LogP contribution in [0.15, 0.2) is 48.5 Å². The van der Waals surface area contributed by atoms with Crippen LogP contribution in [-0.2, 0) is 22.5 Å². The first-order valence-corrected chi connectivity index (χ1v) is 11.3. The van der Waals surface area contributed by atoms with Crippen molar-refractivity contribution in [2.24, 2.45) is 0 Å². The molecule has 1 atom stereocenters. The number of H-pyrrole nitrogens is 1. The van der Waals surface area contributed by atoms with Crippen molar-refractivity contribution < 1.29 is 32.3 Å². The quantitative estimate of drug-likeness (QED) is 0.441. The second-order valence-corrected chi connectivity index (χ2v) is 8.38. The molecule has 2 heterocycles. The standard InChI is InChI=1S/C25H26F3N3O4/c1-34-18-9-10-21-19(15-18)20-14-17(8-5-12-29-13-11-16-6-3-2-4-7-16)31(23(32)22(20)30-21)35-24(33)25(26,27)28/h2-4,6-7,9-10,15,17,29-30H,5,8,11-14H2,1H3. The van der Waals surface area contributed by atoms with Crippen molar-refractivity contribution in [1.29, 1.82) is 0 Å². The lowest BCUT2D eigenvalue weighted by molar-refractivity contribution is -0.235. The van der Waals surface area contributed by atoms with Gasteiger partial charge in [0.05, 0.1) is 13.2 Å². The number of nitrogens with one attached hydrogen (secondary N) is 2. The molecule has 1 amide bonds. The summed E-state index contributed by atoms with van der Waals surface area (Å²) in [6, 6.07) is 14.5. The summed E-state index contributed by atoms with van der Waals surface area (Å²) >= 11 is 0. The van der Waals surface area contributed by atoms with Gasteiger partial charge in [0.2, 0.25) is 0 Å². The van der Waals surface area contributed by atoms with Crippen LogP contribution in [0.5, 0.6) is 5.75 Å². The molecular formula is C25H26F3N3O4. The maximum absolute atomic E-state index is 13.1. The number of carbonyl (C=O) groups is 2. The third-order valence-electron chi connectivity index (χ3n) is 6.04. The molecule has 1 aliphatic heterocycles. The number of benzene rings is 2. The minimum absolute atomic E-state index is 0.112. The average Bonchev–Trinajstić information content (AvgIpc) is 3.21. The number of halogens is 3. The van der Waals surface area contributed by atoms with Crippen molar-refractivity contribution in [2.45, 2.75) is 37.9 Å². The number of aromatic amines is 1. The monoisotopic (exact) mass is 489 g/mol. The summed E-state index contributed by atoms with van der Waals surface area (Å²) in [7, 11) is 1.53. The second kappa shape index (κ2) is 10.4. The number of rotatable bonds is 9. The van der Waals surface area contributed by atoms with E-state index >= 15 is 0 Å². The van der Waals surface area contributed by atoms with Gasteiger partial charge < -0.3 is 19.9 Å². The fourth-order valence-electron chi connectivity index (χ4n) is 4.28. The van der Waals surface area contributed by atoms with Crippen LogP contribution in [0.4, 0.5) is 13.2 Å². The Labute approximate surface area is 200 Å². The molecule has 186 valence electrons. The molecule has 0 radical (unpaired) electrons.